The zero-order chi connectivity index (χ0) is 21.0. The number of thiocarbonyl (C=S) groups is 1. The molecule has 2 N–H and O–H groups in total. The Hall–Kier alpha value is -0.710. The number of ether oxygens (including phenoxy) is 5. The Morgan fingerprint density at radius 2 is 1.79 bits per heavy atom. The minimum atomic E-state index is -0.745. The quantitative estimate of drug-likeness (QED) is 0.659. The van der Waals surface area contributed by atoms with E-state index in [1.165, 1.54) is 0 Å². The molecule has 0 spiro atoms. The van der Waals surface area contributed by atoms with Crippen molar-refractivity contribution in [1.29, 1.82) is 0 Å². The van der Waals surface area contributed by atoms with Crippen molar-refractivity contribution in [3.8, 4) is 0 Å². The molecule has 0 aromatic heterocycles. The highest BCUT2D eigenvalue weighted by atomic mass is 35.5. The summed E-state index contributed by atoms with van der Waals surface area (Å²) >= 11 is 17.6. The Morgan fingerprint density at radius 3 is 2.45 bits per heavy atom. The number of hydrogen-bond acceptors (Lipinski definition) is 6. The Morgan fingerprint density at radius 1 is 1.03 bits per heavy atom. The van der Waals surface area contributed by atoms with Crippen molar-refractivity contribution in [2.45, 2.75) is 69.9 Å². The lowest BCUT2D eigenvalue weighted by Gasteiger charge is -2.30. The molecule has 3 aliphatic rings. The van der Waals surface area contributed by atoms with Gasteiger partial charge in [-0.2, -0.15) is 0 Å². The summed E-state index contributed by atoms with van der Waals surface area (Å²) in [7, 11) is 0. The first-order valence-electron chi connectivity index (χ1n) is 9.38. The summed E-state index contributed by atoms with van der Waals surface area (Å²) in [5.74, 6) is -1.42. The first-order valence-corrected chi connectivity index (χ1v) is 10.5. The van der Waals surface area contributed by atoms with Crippen LogP contribution in [0.3, 0.4) is 0 Å². The lowest BCUT2D eigenvalue weighted by Crippen LogP contribution is -2.53. The Kier molecular flexibility index (Phi) is 5.76. The molecule has 0 amide bonds. The minimum Gasteiger partial charge on any atom is -0.354 e. The van der Waals surface area contributed by atoms with Gasteiger partial charge in [0.1, 0.15) is 18.3 Å². The molecule has 5 atom stereocenters. The topological polar surface area (TPSA) is 70.2 Å². The van der Waals surface area contributed by atoms with Gasteiger partial charge < -0.3 is 34.3 Å². The van der Waals surface area contributed by atoms with Crippen LogP contribution in [0.4, 0.5) is 5.69 Å². The van der Waals surface area contributed by atoms with Gasteiger partial charge in [-0.3, -0.25) is 0 Å². The first-order chi connectivity index (χ1) is 13.5. The van der Waals surface area contributed by atoms with Crippen molar-refractivity contribution in [1.82, 2.24) is 5.32 Å². The zero-order valence-electron chi connectivity index (χ0n) is 16.5. The highest BCUT2D eigenvalue weighted by molar-refractivity contribution is 7.80. The molecule has 4 rings (SSSR count). The van der Waals surface area contributed by atoms with Crippen LogP contribution in [0.1, 0.15) is 27.7 Å². The molecule has 3 saturated heterocycles. The van der Waals surface area contributed by atoms with Crippen LogP contribution < -0.4 is 10.6 Å². The third-order valence-electron chi connectivity index (χ3n) is 4.96. The van der Waals surface area contributed by atoms with E-state index in [4.69, 9.17) is 59.1 Å². The minimum absolute atomic E-state index is 0.281. The van der Waals surface area contributed by atoms with E-state index in [-0.39, 0.29) is 24.4 Å². The molecular formula is C19H24Cl2N2O5S. The molecule has 0 bridgehead atoms. The molecule has 29 heavy (non-hydrogen) atoms. The van der Waals surface area contributed by atoms with Crippen LogP contribution in [-0.2, 0) is 23.7 Å². The summed E-state index contributed by atoms with van der Waals surface area (Å²) in [6, 6.07) is 4.90. The van der Waals surface area contributed by atoms with Crippen LogP contribution in [0.5, 0.6) is 0 Å². The van der Waals surface area contributed by atoms with E-state index < -0.39 is 17.9 Å². The van der Waals surface area contributed by atoms with E-state index in [0.717, 1.165) is 5.69 Å². The summed E-state index contributed by atoms with van der Waals surface area (Å²) in [6.07, 6.45) is -1.52. The van der Waals surface area contributed by atoms with Gasteiger partial charge in [-0.15, -0.1) is 0 Å². The van der Waals surface area contributed by atoms with Gasteiger partial charge in [0.05, 0.1) is 22.7 Å². The maximum Gasteiger partial charge on any atom is 0.189 e. The van der Waals surface area contributed by atoms with Gasteiger partial charge in [-0.25, -0.2) is 0 Å². The van der Waals surface area contributed by atoms with Crippen molar-refractivity contribution in [3.05, 3.63) is 28.2 Å². The molecule has 3 aliphatic heterocycles. The standard InChI is InChI=1S/C19H24Cl2N2O5S/c1-18(2)24-8-12(26-18)14-13(15-16(25-14)28-19(3,4)27-15)23-17(29)22-9-5-6-10(20)11(21)7-9/h5-7,12-16H,8H2,1-4H3,(H2,22,23,29)/t12-,13-,14-,15-,16-/m1/s1. The summed E-state index contributed by atoms with van der Waals surface area (Å²) in [5, 5.41) is 7.73. The second-order valence-corrected chi connectivity index (χ2v) is 9.41. The average molecular weight is 463 g/mol. The number of benzene rings is 1. The van der Waals surface area contributed by atoms with E-state index in [9.17, 15) is 0 Å². The fraction of sp³-hybridized carbons (Fsp3) is 0.632. The Labute approximate surface area is 185 Å². The number of nitrogens with one attached hydrogen (secondary N) is 2. The molecule has 0 radical (unpaired) electrons. The van der Waals surface area contributed by atoms with Crippen LogP contribution in [0, 0.1) is 0 Å². The maximum atomic E-state index is 6.16. The molecule has 0 unspecified atom stereocenters. The summed E-state index contributed by atoms with van der Waals surface area (Å²) < 4.78 is 29.9. The maximum absolute atomic E-state index is 6.16. The number of anilines is 1. The van der Waals surface area contributed by atoms with E-state index in [0.29, 0.717) is 21.8 Å². The van der Waals surface area contributed by atoms with Gasteiger partial charge in [-0.05, 0) is 58.1 Å². The highest BCUT2D eigenvalue weighted by Crippen LogP contribution is 2.40. The average Bonchev–Trinajstić information content (AvgIpc) is 3.21. The molecule has 3 fully saturated rings. The second kappa shape index (κ2) is 7.76. The van der Waals surface area contributed by atoms with E-state index >= 15 is 0 Å². The third kappa shape index (κ3) is 4.65. The molecule has 1 aromatic carbocycles. The zero-order valence-corrected chi connectivity index (χ0v) is 18.9. The number of hydrogen-bond donors (Lipinski definition) is 2. The van der Waals surface area contributed by atoms with E-state index in [1.807, 2.05) is 27.7 Å². The van der Waals surface area contributed by atoms with Crippen molar-refractivity contribution in [2.24, 2.45) is 0 Å². The van der Waals surface area contributed by atoms with Gasteiger partial charge in [0.15, 0.2) is 23.0 Å². The van der Waals surface area contributed by atoms with Crippen LogP contribution >= 0.6 is 35.4 Å². The molecule has 1 aromatic rings. The van der Waals surface area contributed by atoms with Gasteiger partial charge in [-0.1, -0.05) is 23.2 Å². The number of fused-ring (bicyclic) bond motifs is 1. The number of rotatable bonds is 3. The molecule has 0 aliphatic carbocycles. The van der Waals surface area contributed by atoms with Gasteiger partial charge in [0.25, 0.3) is 0 Å². The summed E-state index contributed by atoms with van der Waals surface area (Å²) in [6.45, 7) is 7.86. The SMILES string of the molecule is CC1(C)O[C@H]2O[C@H]([C@H]3COC(C)(C)O3)[C@@H](NC(=S)Nc3ccc(Cl)c(Cl)c3)[C@H]2O1. The number of halogens is 2. The molecule has 7 nitrogen and oxygen atoms in total. The predicted octanol–water partition coefficient (Wildman–Crippen LogP) is 3.68. The van der Waals surface area contributed by atoms with Crippen molar-refractivity contribution < 1.29 is 23.7 Å². The first kappa shape index (κ1) is 21.5. The van der Waals surface area contributed by atoms with Crippen molar-refractivity contribution >= 4 is 46.2 Å². The van der Waals surface area contributed by atoms with Crippen LogP contribution in [0.2, 0.25) is 10.0 Å². The molecule has 10 heteroatoms. The van der Waals surface area contributed by atoms with Gasteiger partial charge in [0, 0.05) is 5.69 Å². The Bertz CT molecular complexity index is 809. The third-order valence-corrected chi connectivity index (χ3v) is 5.92. The lowest BCUT2D eigenvalue weighted by molar-refractivity contribution is -0.223. The predicted molar refractivity (Wildman–Crippen MR) is 113 cm³/mol. The van der Waals surface area contributed by atoms with Gasteiger partial charge >= 0.3 is 0 Å². The molecule has 0 saturated carbocycles. The van der Waals surface area contributed by atoms with E-state index in [2.05, 4.69) is 10.6 Å². The van der Waals surface area contributed by atoms with Crippen molar-refractivity contribution in [2.75, 3.05) is 11.9 Å². The lowest BCUT2D eigenvalue weighted by atomic mass is 10.0. The van der Waals surface area contributed by atoms with Gasteiger partial charge in [0.2, 0.25) is 0 Å². The molecule has 3 heterocycles. The molecule has 160 valence electrons. The Balaban J connectivity index is 1.49. The van der Waals surface area contributed by atoms with Crippen LogP contribution in [-0.4, -0.2) is 53.9 Å². The van der Waals surface area contributed by atoms with Crippen LogP contribution in [0.25, 0.3) is 0 Å². The highest BCUT2D eigenvalue weighted by Gasteiger charge is 2.58. The van der Waals surface area contributed by atoms with Crippen LogP contribution in [0.15, 0.2) is 18.2 Å². The summed E-state index contributed by atoms with van der Waals surface area (Å²) in [5.41, 5.74) is 0.717. The monoisotopic (exact) mass is 462 g/mol. The smallest absolute Gasteiger partial charge is 0.189 e. The van der Waals surface area contributed by atoms with E-state index in [1.54, 1.807) is 18.2 Å². The largest absolute Gasteiger partial charge is 0.354 e. The normalized spacial score (nSPS) is 34.8. The van der Waals surface area contributed by atoms with Crippen molar-refractivity contribution in [3.63, 3.8) is 0 Å². The fourth-order valence-corrected chi connectivity index (χ4v) is 4.34. The second-order valence-electron chi connectivity index (χ2n) is 8.19. The molecular weight excluding hydrogens is 439 g/mol. The summed E-state index contributed by atoms with van der Waals surface area (Å²) in [4.78, 5) is 0. The fourth-order valence-electron chi connectivity index (χ4n) is 3.79.